The minimum atomic E-state index is -0.804. The van der Waals surface area contributed by atoms with Crippen LogP contribution in [0.3, 0.4) is 0 Å². The highest BCUT2D eigenvalue weighted by Gasteiger charge is 2.30. The zero-order chi connectivity index (χ0) is 18.2. The number of nitrogens with one attached hydrogen (secondary N) is 3. The van der Waals surface area contributed by atoms with Gasteiger partial charge in [-0.2, -0.15) is 0 Å². The maximum atomic E-state index is 12.4. The van der Waals surface area contributed by atoms with Crippen molar-refractivity contribution in [3.63, 3.8) is 0 Å². The number of hydrogen-bond donors (Lipinski definition) is 4. The summed E-state index contributed by atoms with van der Waals surface area (Å²) in [6.45, 7) is 8.34. The van der Waals surface area contributed by atoms with Gasteiger partial charge in [0.25, 0.3) is 0 Å². The molecule has 0 bridgehead atoms. The highest BCUT2D eigenvalue weighted by atomic mass is 16.2. The molecule has 0 aromatic carbocycles. The first-order chi connectivity index (χ1) is 10.6. The lowest BCUT2D eigenvalue weighted by Crippen LogP contribution is -2.57. The van der Waals surface area contributed by atoms with E-state index in [9.17, 15) is 19.2 Å². The van der Waals surface area contributed by atoms with Crippen LogP contribution < -0.4 is 21.7 Å². The lowest BCUT2D eigenvalue weighted by Gasteiger charge is -2.27. The summed E-state index contributed by atoms with van der Waals surface area (Å²) in [4.78, 5) is 46.6. The Morgan fingerprint density at radius 3 is 1.91 bits per heavy atom. The Kier molecular flexibility index (Phi) is 8.90. The van der Waals surface area contributed by atoms with Crippen LogP contribution in [-0.2, 0) is 19.2 Å². The molecule has 0 rings (SSSR count). The van der Waals surface area contributed by atoms with Crippen LogP contribution in [0.5, 0.6) is 0 Å². The van der Waals surface area contributed by atoms with E-state index >= 15 is 0 Å². The summed E-state index contributed by atoms with van der Waals surface area (Å²) >= 11 is 0. The fourth-order valence-corrected chi connectivity index (χ4v) is 1.98. The Labute approximate surface area is 136 Å². The molecule has 0 radical (unpaired) electrons. The van der Waals surface area contributed by atoms with Gasteiger partial charge in [-0.1, -0.05) is 34.1 Å². The lowest BCUT2D eigenvalue weighted by atomic mass is 9.96. The van der Waals surface area contributed by atoms with E-state index < -0.39 is 29.8 Å². The maximum Gasteiger partial charge on any atom is 0.243 e. The highest BCUT2D eigenvalue weighted by Crippen LogP contribution is 2.10. The van der Waals surface area contributed by atoms with Crippen LogP contribution in [-0.4, -0.2) is 42.3 Å². The number of carbonyl (C=O) groups excluding carboxylic acids is 4. The summed E-state index contributed by atoms with van der Waals surface area (Å²) < 4.78 is 0. The van der Waals surface area contributed by atoms with Gasteiger partial charge in [-0.3, -0.25) is 19.2 Å². The number of nitrogens with two attached hydrogens (primary N) is 1. The summed E-state index contributed by atoms with van der Waals surface area (Å²) in [5, 5.41) is 7.63. The van der Waals surface area contributed by atoms with Gasteiger partial charge in [0.2, 0.25) is 23.6 Å². The summed E-state index contributed by atoms with van der Waals surface area (Å²) in [6.07, 6.45) is 0.654. The summed E-state index contributed by atoms with van der Waals surface area (Å²) in [5.74, 6) is -2.17. The molecule has 0 unspecified atom stereocenters. The number of carbonyl (C=O) groups is 4. The van der Waals surface area contributed by atoms with Crippen LogP contribution in [0, 0.1) is 11.8 Å². The Morgan fingerprint density at radius 1 is 0.957 bits per heavy atom. The molecule has 5 N–H and O–H groups in total. The summed E-state index contributed by atoms with van der Waals surface area (Å²) in [7, 11) is 0. The van der Waals surface area contributed by atoms with Gasteiger partial charge < -0.3 is 21.7 Å². The third-order valence-electron chi connectivity index (χ3n) is 3.54. The molecule has 3 atom stereocenters. The number of amides is 4. The quantitative estimate of drug-likeness (QED) is 0.445. The number of rotatable bonds is 9. The standard InChI is InChI=1S/C15H28N4O4/c1-6-9(4)13(14(22)17-7-11(16)21)19-15(23)12(8(2)3)18-10(5)20/h8-9,12-13H,6-7H2,1-5H3,(H2,16,21)(H,17,22)(H,18,20)(H,19,23)/t9-,12-,13-/m0/s1. The summed E-state index contributed by atoms with van der Waals surface area (Å²) in [6, 6.07) is -1.54. The Hall–Kier alpha value is -2.12. The van der Waals surface area contributed by atoms with Crippen molar-refractivity contribution in [1.29, 1.82) is 0 Å². The SMILES string of the molecule is CC[C@H](C)[C@H](NC(=O)[C@@H](NC(C)=O)C(C)C)C(=O)NCC(N)=O. The fraction of sp³-hybridized carbons (Fsp3) is 0.733. The molecule has 0 spiro atoms. The monoisotopic (exact) mass is 328 g/mol. The first-order valence-electron chi connectivity index (χ1n) is 7.73. The van der Waals surface area contributed by atoms with E-state index in [1.165, 1.54) is 6.92 Å². The van der Waals surface area contributed by atoms with E-state index in [4.69, 9.17) is 5.73 Å². The molecule has 8 nitrogen and oxygen atoms in total. The molecular formula is C15H28N4O4. The van der Waals surface area contributed by atoms with Crippen LogP contribution >= 0.6 is 0 Å². The van der Waals surface area contributed by atoms with Crippen molar-refractivity contribution in [3.05, 3.63) is 0 Å². The maximum absolute atomic E-state index is 12.4. The van der Waals surface area contributed by atoms with Gasteiger partial charge in [-0.25, -0.2) is 0 Å². The molecule has 8 heteroatoms. The molecule has 0 aromatic heterocycles. The first kappa shape index (κ1) is 20.9. The number of hydrogen-bond acceptors (Lipinski definition) is 4. The van der Waals surface area contributed by atoms with E-state index in [0.717, 1.165) is 0 Å². The van der Waals surface area contributed by atoms with Gasteiger partial charge in [0.1, 0.15) is 12.1 Å². The summed E-state index contributed by atoms with van der Waals surface area (Å²) in [5.41, 5.74) is 5.01. The average molecular weight is 328 g/mol. The van der Waals surface area contributed by atoms with E-state index in [0.29, 0.717) is 6.42 Å². The molecule has 0 aliphatic carbocycles. The van der Waals surface area contributed by atoms with Crippen molar-refractivity contribution >= 4 is 23.6 Å². The van der Waals surface area contributed by atoms with Crippen molar-refractivity contribution in [1.82, 2.24) is 16.0 Å². The van der Waals surface area contributed by atoms with Gasteiger partial charge >= 0.3 is 0 Å². The second-order valence-electron chi connectivity index (χ2n) is 5.98. The molecule has 0 aromatic rings. The molecule has 4 amide bonds. The van der Waals surface area contributed by atoms with Gasteiger partial charge in [0.05, 0.1) is 6.54 Å². The topological polar surface area (TPSA) is 130 Å². The predicted molar refractivity (Wildman–Crippen MR) is 86.0 cm³/mol. The molecular weight excluding hydrogens is 300 g/mol. The van der Waals surface area contributed by atoms with Gasteiger partial charge in [0, 0.05) is 6.92 Å². The highest BCUT2D eigenvalue weighted by molar-refractivity contribution is 5.93. The second-order valence-corrected chi connectivity index (χ2v) is 5.98. The average Bonchev–Trinajstić information content (AvgIpc) is 2.46. The van der Waals surface area contributed by atoms with E-state index in [-0.39, 0.29) is 24.3 Å². The molecule has 0 aliphatic rings. The normalized spacial score (nSPS) is 14.5. The molecule has 0 fully saturated rings. The Morgan fingerprint density at radius 2 is 1.52 bits per heavy atom. The van der Waals surface area contributed by atoms with Crippen molar-refractivity contribution < 1.29 is 19.2 Å². The zero-order valence-electron chi connectivity index (χ0n) is 14.4. The third kappa shape index (κ3) is 7.62. The van der Waals surface area contributed by atoms with Crippen LogP contribution in [0.25, 0.3) is 0 Å². The van der Waals surface area contributed by atoms with Crippen LogP contribution in [0.2, 0.25) is 0 Å². The molecule has 132 valence electrons. The predicted octanol–water partition coefficient (Wildman–Crippen LogP) is -0.720. The second kappa shape index (κ2) is 9.81. The van der Waals surface area contributed by atoms with Crippen molar-refractivity contribution in [2.45, 2.75) is 53.1 Å². The smallest absolute Gasteiger partial charge is 0.243 e. The fourth-order valence-electron chi connectivity index (χ4n) is 1.98. The van der Waals surface area contributed by atoms with E-state index in [1.807, 2.05) is 13.8 Å². The van der Waals surface area contributed by atoms with E-state index in [2.05, 4.69) is 16.0 Å². The zero-order valence-corrected chi connectivity index (χ0v) is 14.4. The van der Waals surface area contributed by atoms with Gasteiger partial charge in [-0.05, 0) is 11.8 Å². The van der Waals surface area contributed by atoms with Crippen LogP contribution in [0.4, 0.5) is 0 Å². The van der Waals surface area contributed by atoms with Crippen molar-refractivity contribution in [2.75, 3.05) is 6.54 Å². The molecule has 0 aliphatic heterocycles. The number of primary amides is 1. The Balaban J connectivity index is 5.05. The third-order valence-corrected chi connectivity index (χ3v) is 3.54. The Bertz CT molecular complexity index is 451. The largest absolute Gasteiger partial charge is 0.368 e. The molecule has 0 heterocycles. The van der Waals surface area contributed by atoms with Gasteiger partial charge in [-0.15, -0.1) is 0 Å². The van der Waals surface area contributed by atoms with Crippen LogP contribution in [0.1, 0.15) is 41.0 Å². The minimum Gasteiger partial charge on any atom is -0.368 e. The molecule has 23 heavy (non-hydrogen) atoms. The van der Waals surface area contributed by atoms with E-state index in [1.54, 1.807) is 13.8 Å². The minimum absolute atomic E-state index is 0.134. The molecule has 0 saturated heterocycles. The van der Waals surface area contributed by atoms with Crippen molar-refractivity contribution in [3.8, 4) is 0 Å². The first-order valence-corrected chi connectivity index (χ1v) is 7.73. The van der Waals surface area contributed by atoms with Crippen molar-refractivity contribution in [2.24, 2.45) is 17.6 Å². The molecule has 0 saturated carbocycles. The van der Waals surface area contributed by atoms with Gasteiger partial charge in [0.15, 0.2) is 0 Å². The van der Waals surface area contributed by atoms with Crippen LogP contribution in [0.15, 0.2) is 0 Å². The lowest BCUT2D eigenvalue weighted by molar-refractivity contribution is -0.133.